The van der Waals surface area contributed by atoms with E-state index in [2.05, 4.69) is 9.97 Å². The predicted molar refractivity (Wildman–Crippen MR) is 149 cm³/mol. The van der Waals surface area contributed by atoms with Gasteiger partial charge in [0.1, 0.15) is 21.8 Å². The van der Waals surface area contributed by atoms with Crippen LogP contribution in [0.25, 0.3) is 21.9 Å². The summed E-state index contributed by atoms with van der Waals surface area (Å²) in [5.41, 5.74) is -0.722. The van der Waals surface area contributed by atoms with Gasteiger partial charge in [0.05, 0.1) is 12.1 Å². The molecule has 198 valence electrons. The molecule has 0 saturated heterocycles. The van der Waals surface area contributed by atoms with E-state index in [-0.39, 0.29) is 28.4 Å². The first-order valence-corrected chi connectivity index (χ1v) is 13.1. The van der Waals surface area contributed by atoms with Crippen LogP contribution in [-0.2, 0) is 6.54 Å². The van der Waals surface area contributed by atoms with E-state index in [1.54, 1.807) is 54.6 Å². The third-order valence-corrected chi connectivity index (χ3v) is 7.31. The fourth-order valence-corrected chi connectivity index (χ4v) is 5.43. The number of aromatic hydroxyl groups is 1. The highest BCUT2D eigenvalue weighted by Crippen LogP contribution is 2.38. The van der Waals surface area contributed by atoms with Crippen molar-refractivity contribution >= 4 is 45.2 Å². The minimum Gasteiger partial charge on any atom is -0.505 e. The van der Waals surface area contributed by atoms with E-state index in [1.165, 1.54) is 35.2 Å². The summed E-state index contributed by atoms with van der Waals surface area (Å²) in [6, 6.07) is 19.0. The van der Waals surface area contributed by atoms with Gasteiger partial charge in [-0.2, -0.15) is 0 Å². The second-order valence-corrected chi connectivity index (χ2v) is 10.2. The number of fused-ring (bicyclic) bond motifs is 3. The molecule has 11 heteroatoms. The Kier molecular flexibility index (Phi) is 6.71. The van der Waals surface area contributed by atoms with Crippen molar-refractivity contribution in [3.05, 3.63) is 122 Å². The van der Waals surface area contributed by atoms with Crippen molar-refractivity contribution in [2.45, 2.75) is 16.3 Å². The third kappa shape index (κ3) is 4.90. The number of rotatable bonds is 6. The largest absolute Gasteiger partial charge is 0.505 e. The molecule has 0 bridgehead atoms. The van der Waals surface area contributed by atoms with Crippen LogP contribution in [0.1, 0.15) is 5.56 Å². The number of nitrogens with zero attached hydrogens (tertiary/aromatic N) is 3. The van der Waals surface area contributed by atoms with Crippen molar-refractivity contribution < 1.29 is 18.7 Å². The molecule has 0 aliphatic rings. The highest BCUT2D eigenvalue weighted by Gasteiger charge is 2.23. The second-order valence-electron chi connectivity index (χ2n) is 8.66. The minimum absolute atomic E-state index is 0.0380. The van der Waals surface area contributed by atoms with Crippen LogP contribution in [0.4, 0.5) is 4.39 Å². The summed E-state index contributed by atoms with van der Waals surface area (Å²) < 4.78 is 26.8. The Balaban J connectivity index is 1.59. The maximum absolute atomic E-state index is 14.0. The molecule has 6 rings (SSSR count). The minimum atomic E-state index is -0.823. The lowest BCUT2D eigenvalue weighted by Gasteiger charge is -2.15. The number of halogens is 2. The van der Waals surface area contributed by atoms with Gasteiger partial charge in [-0.15, -0.1) is 0 Å². The van der Waals surface area contributed by atoms with Crippen molar-refractivity contribution in [2.75, 3.05) is 0 Å². The SMILES string of the molecule is O=c1oc2c(c(O)c1Sc1cccc(Cl)c1)c(=O)n(Cc1cccc(F)c1)c1cc(Oc3ncccn3)ccc21. The number of benzene rings is 3. The fourth-order valence-electron chi connectivity index (χ4n) is 4.29. The molecule has 0 saturated carbocycles. The summed E-state index contributed by atoms with van der Waals surface area (Å²) >= 11 is 7.00. The van der Waals surface area contributed by atoms with Crippen LogP contribution < -0.4 is 15.9 Å². The average Bonchev–Trinajstić information content (AvgIpc) is 2.94. The molecule has 8 nitrogen and oxygen atoms in total. The number of hydrogen-bond donors (Lipinski definition) is 1. The highest BCUT2D eigenvalue weighted by atomic mass is 35.5. The van der Waals surface area contributed by atoms with Gasteiger partial charge in [0.2, 0.25) is 0 Å². The van der Waals surface area contributed by atoms with Crippen molar-refractivity contribution in [3.8, 4) is 17.5 Å². The van der Waals surface area contributed by atoms with E-state index in [1.807, 2.05) is 0 Å². The number of ether oxygens (including phenoxy) is 1. The van der Waals surface area contributed by atoms with E-state index in [4.69, 9.17) is 20.8 Å². The molecule has 0 amide bonds. The van der Waals surface area contributed by atoms with Crippen LogP contribution in [0.15, 0.2) is 109 Å². The normalized spacial score (nSPS) is 11.2. The van der Waals surface area contributed by atoms with Gasteiger partial charge in [-0.05, 0) is 54.1 Å². The molecule has 0 aliphatic carbocycles. The van der Waals surface area contributed by atoms with Gasteiger partial charge < -0.3 is 18.8 Å². The Morgan fingerprint density at radius 1 is 1.00 bits per heavy atom. The Hall–Kier alpha value is -4.67. The maximum atomic E-state index is 14.0. The van der Waals surface area contributed by atoms with E-state index < -0.39 is 22.8 Å². The second kappa shape index (κ2) is 10.5. The molecule has 0 fully saturated rings. The van der Waals surface area contributed by atoms with Crippen LogP contribution in [0.2, 0.25) is 5.02 Å². The smallest absolute Gasteiger partial charge is 0.354 e. The van der Waals surface area contributed by atoms with E-state index in [0.29, 0.717) is 32.1 Å². The summed E-state index contributed by atoms with van der Waals surface area (Å²) in [5.74, 6) is -0.672. The predicted octanol–water partition coefficient (Wildman–Crippen LogP) is 6.39. The molecule has 0 radical (unpaired) electrons. The van der Waals surface area contributed by atoms with Gasteiger partial charge in [-0.3, -0.25) is 4.79 Å². The zero-order valence-electron chi connectivity index (χ0n) is 20.4. The van der Waals surface area contributed by atoms with Crippen LogP contribution in [0.5, 0.6) is 17.5 Å². The highest BCUT2D eigenvalue weighted by molar-refractivity contribution is 7.99. The summed E-state index contributed by atoms with van der Waals surface area (Å²) in [6.45, 7) is -0.0380. The summed E-state index contributed by atoms with van der Waals surface area (Å²) in [7, 11) is 0. The Bertz CT molecular complexity index is 2030. The Morgan fingerprint density at radius 2 is 1.80 bits per heavy atom. The van der Waals surface area contributed by atoms with Crippen molar-refractivity contribution in [1.82, 2.24) is 14.5 Å². The van der Waals surface area contributed by atoms with Crippen LogP contribution in [0, 0.1) is 5.82 Å². The first kappa shape index (κ1) is 25.6. The van der Waals surface area contributed by atoms with Gasteiger partial charge in [0, 0.05) is 33.8 Å². The molecule has 3 aromatic heterocycles. The Labute approximate surface area is 234 Å². The fraction of sp³-hybridized carbons (Fsp3) is 0.0345. The van der Waals surface area contributed by atoms with Crippen molar-refractivity contribution in [2.24, 2.45) is 0 Å². The molecule has 0 spiro atoms. The van der Waals surface area contributed by atoms with Crippen molar-refractivity contribution in [1.29, 1.82) is 0 Å². The van der Waals surface area contributed by atoms with Crippen molar-refractivity contribution in [3.63, 3.8) is 0 Å². The first-order chi connectivity index (χ1) is 19.4. The Morgan fingerprint density at radius 3 is 2.58 bits per heavy atom. The molecule has 40 heavy (non-hydrogen) atoms. The molecular weight excluding hydrogens is 557 g/mol. The summed E-state index contributed by atoms with van der Waals surface area (Å²) in [6.07, 6.45) is 3.04. The molecule has 3 heterocycles. The molecule has 0 aliphatic heterocycles. The maximum Gasteiger partial charge on any atom is 0.354 e. The summed E-state index contributed by atoms with van der Waals surface area (Å²) in [5, 5.41) is 11.9. The topological polar surface area (TPSA) is 107 Å². The number of hydrogen-bond acceptors (Lipinski definition) is 8. The molecular formula is C29H17ClFN3O5S. The van der Waals surface area contributed by atoms with Gasteiger partial charge in [0.25, 0.3) is 5.56 Å². The molecule has 3 aromatic carbocycles. The monoisotopic (exact) mass is 573 g/mol. The van der Waals surface area contributed by atoms with Gasteiger partial charge in [0.15, 0.2) is 11.3 Å². The molecule has 1 N–H and O–H groups in total. The van der Waals surface area contributed by atoms with E-state index >= 15 is 0 Å². The van der Waals surface area contributed by atoms with Gasteiger partial charge in [-0.1, -0.05) is 41.6 Å². The zero-order chi connectivity index (χ0) is 27.8. The number of pyridine rings is 1. The lowest BCUT2D eigenvalue weighted by Crippen LogP contribution is -2.23. The third-order valence-electron chi connectivity index (χ3n) is 6.02. The van der Waals surface area contributed by atoms with Gasteiger partial charge in [-0.25, -0.2) is 19.2 Å². The van der Waals surface area contributed by atoms with Crippen LogP contribution >= 0.6 is 23.4 Å². The molecule has 0 atom stereocenters. The molecule has 6 aromatic rings. The standard InChI is InChI=1S/C29H17ClFN3O5S/c30-17-5-2-7-20(13-17)40-26-24(35)23-25(39-28(26)37)21-9-8-19(38-29-32-10-3-11-33-29)14-22(21)34(27(23)36)15-16-4-1-6-18(31)12-16/h1-14,35H,15H2. The van der Waals surface area contributed by atoms with Gasteiger partial charge >= 0.3 is 11.6 Å². The van der Waals surface area contributed by atoms with Crippen LogP contribution in [0.3, 0.4) is 0 Å². The quantitative estimate of drug-likeness (QED) is 0.228. The number of aromatic nitrogens is 3. The molecule has 0 unspecified atom stereocenters. The lowest BCUT2D eigenvalue weighted by atomic mass is 10.1. The van der Waals surface area contributed by atoms with E-state index in [0.717, 1.165) is 11.8 Å². The lowest BCUT2D eigenvalue weighted by molar-refractivity contribution is 0.442. The van der Waals surface area contributed by atoms with E-state index in [9.17, 15) is 19.1 Å². The zero-order valence-corrected chi connectivity index (χ0v) is 21.9. The van der Waals surface area contributed by atoms with Crippen LogP contribution in [-0.4, -0.2) is 19.6 Å². The summed E-state index contributed by atoms with van der Waals surface area (Å²) in [4.78, 5) is 35.5. The average molecular weight is 574 g/mol. The first-order valence-electron chi connectivity index (χ1n) is 11.9.